The third kappa shape index (κ3) is 1.25. The number of rotatable bonds is 1. The quantitative estimate of drug-likeness (QED) is 0.494. The molecule has 3 heteroatoms. The van der Waals surface area contributed by atoms with Gasteiger partial charge in [0.15, 0.2) is 5.13 Å². The number of thiazole rings is 1. The minimum Gasteiger partial charge on any atom is -0.285 e. The number of para-hydroxylation sites is 2. The van der Waals surface area contributed by atoms with Crippen molar-refractivity contribution in [3.8, 4) is 5.13 Å². The Hall–Kier alpha value is -2.13. The summed E-state index contributed by atoms with van der Waals surface area (Å²) in [6, 6.07) is 17.0. The summed E-state index contributed by atoms with van der Waals surface area (Å²) in [4.78, 5) is 4.44. The van der Waals surface area contributed by atoms with Crippen LogP contribution in [0.25, 0.3) is 26.9 Å². The second kappa shape index (κ2) is 3.68. The van der Waals surface area contributed by atoms with E-state index in [2.05, 4.69) is 58.1 Å². The summed E-state index contributed by atoms with van der Waals surface area (Å²) in [5.74, 6) is 0. The van der Waals surface area contributed by atoms with Crippen LogP contribution in [-0.4, -0.2) is 9.55 Å². The van der Waals surface area contributed by atoms with Gasteiger partial charge in [0.2, 0.25) is 0 Å². The van der Waals surface area contributed by atoms with Crippen molar-refractivity contribution in [3.63, 3.8) is 0 Å². The molecule has 2 aromatic carbocycles. The van der Waals surface area contributed by atoms with Crippen LogP contribution in [0.5, 0.6) is 0 Å². The molecule has 0 unspecified atom stereocenters. The smallest absolute Gasteiger partial charge is 0.194 e. The first kappa shape index (κ1) is 9.85. The maximum atomic E-state index is 4.44. The van der Waals surface area contributed by atoms with E-state index in [4.69, 9.17) is 0 Å². The standard InChI is InChI=1S/C15H10N2S/c1-3-7-13-11(5-1)12-6-2-4-8-14(12)17(13)15-16-9-10-18-15/h1-10H. The topological polar surface area (TPSA) is 17.8 Å². The van der Waals surface area contributed by atoms with E-state index in [0.29, 0.717) is 0 Å². The van der Waals surface area contributed by atoms with Gasteiger partial charge in [0, 0.05) is 22.3 Å². The third-order valence-electron chi connectivity index (χ3n) is 3.19. The van der Waals surface area contributed by atoms with Crippen LogP contribution >= 0.6 is 11.3 Å². The zero-order valence-corrected chi connectivity index (χ0v) is 10.4. The van der Waals surface area contributed by atoms with Crippen LogP contribution in [-0.2, 0) is 0 Å². The van der Waals surface area contributed by atoms with Crippen molar-refractivity contribution in [2.24, 2.45) is 0 Å². The molecule has 2 aromatic heterocycles. The summed E-state index contributed by atoms with van der Waals surface area (Å²) in [5.41, 5.74) is 2.43. The molecule has 18 heavy (non-hydrogen) atoms. The van der Waals surface area contributed by atoms with Crippen molar-refractivity contribution >= 4 is 33.1 Å². The summed E-state index contributed by atoms with van der Waals surface area (Å²) in [6.45, 7) is 0. The van der Waals surface area contributed by atoms with Crippen LogP contribution in [0.3, 0.4) is 0 Å². The second-order valence-electron chi connectivity index (χ2n) is 4.18. The number of aromatic nitrogens is 2. The van der Waals surface area contributed by atoms with Crippen molar-refractivity contribution in [1.29, 1.82) is 0 Å². The highest BCUT2D eigenvalue weighted by Gasteiger charge is 2.11. The Morgan fingerprint density at radius 2 is 1.44 bits per heavy atom. The van der Waals surface area contributed by atoms with E-state index in [9.17, 15) is 0 Å². The first-order chi connectivity index (χ1) is 8.95. The lowest BCUT2D eigenvalue weighted by molar-refractivity contribution is 1.13. The van der Waals surface area contributed by atoms with Gasteiger partial charge in [0.1, 0.15) is 0 Å². The van der Waals surface area contributed by atoms with Gasteiger partial charge in [0.25, 0.3) is 0 Å². The van der Waals surface area contributed by atoms with Gasteiger partial charge < -0.3 is 0 Å². The van der Waals surface area contributed by atoms with Gasteiger partial charge >= 0.3 is 0 Å². The molecule has 0 bridgehead atoms. The number of nitrogens with zero attached hydrogens (tertiary/aromatic N) is 2. The van der Waals surface area contributed by atoms with E-state index in [-0.39, 0.29) is 0 Å². The van der Waals surface area contributed by atoms with Crippen molar-refractivity contribution in [2.75, 3.05) is 0 Å². The lowest BCUT2D eigenvalue weighted by Crippen LogP contribution is -1.91. The van der Waals surface area contributed by atoms with Crippen LogP contribution in [0.4, 0.5) is 0 Å². The summed E-state index contributed by atoms with van der Waals surface area (Å²) in [6.07, 6.45) is 1.85. The molecule has 0 aliphatic rings. The Morgan fingerprint density at radius 3 is 2.00 bits per heavy atom. The van der Waals surface area contributed by atoms with Gasteiger partial charge in [0.05, 0.1) is 11.0 Å². The van der Waals surface area contributed by atoms with Crippen molar-refractivity contribution in [1.82, 2.24) is 9.55 Å². The maximum Gasteiger partial charge on any atom is 0.194 e. The van der Waals surface area contributed by atoms with Crippen molar-refractivity contribution < 1.29 is 0 Å². The van der Waals surface area contributed by atoms with E-state index in [1.54, 1.807) is 11.3 Å². The fourth-order valence-corrected chi connectivity index (χ4v) is 3.12. The predicted molar refractivity (Wildman–Crippen MR) is 76.5 cm³/mol. The third-order valence-corrected chi connectivity index (χ3v) is 3.95. The summed E-state index contributed by atoms with van der Waals surface area (Å²) >= 11 is 1.66. The average molecular weight is 250 g/mol. The van der Waals surface area contributed by atoms with E-state index < -0.39 is 0 Å². The molecule has 0 atom stereocenters. The van der Waals surface area contributed by atoms with Crippen LogP contribution in [0, 0.1) is 0 Å². The van der Waals surface area contributed by atoms with Gasteiger partial charge in [-0.05, 0) is 12.1 Å². The van der Waals surface area contributed by atoms with Crippen LogP contribution in [0.1, 0.15) is 0 Å². The van der Waals surface area contributed by atoms with Crippen molar-refractivity contribution in [2.45, 2.75) is 0 Å². The summed E-state index contributed by atoms with van der Waals surface area (Å²) in [7, 11) is 0. The second-order valence-corrected chi connectivity index (χ2v) is 5.06. The molecule has 2 nitrogen and oxygen atoms in total. The number of benzene rings is 2. The lowest BCUT2D eigenvalue weighted by atomic mass is 10.2. The summed E-state index contributed by atoms with van der Waals surface area (Å²) < 4.78 is 2.23. The molecule has 4 aromatic rings. The Morgan fingerprint density at radius 1 is 0.833 bits per heavy atom. The highest BCUT2D eigenvalue weighted by atomic mass is 32.1. The molecular weight excluding hydrogens is 240 g/mol. The molecule has 0 saturated carbocycles. The molecule has 4 rings (SSSR count). The van der Waals surface area contributed by atoms with E-state index >= 15 is 0 Å². The molecule has 0 radical (unpaired) electrons. The fraction of sp³-hybridized carbons (Fsp3) is 0. The lowest BCUT2D eigenvalue weighted by Gasteiger charge is -2.01. The van der Waals surface area contributed by atoms with E-state index in [0.717, 1.165) is 5.13 Å². The zero-order valence-electron chi connectivity index (χ0n) is 9.58. The van der Waals surface area contributed by atoms with E-state index in [1.165, 1.54) is 21.8 Å². The minimum absolute atomic E-state index is 1.02. The molecule has 0 amide bonds. The molecule has 2 heterocycles. The highest BCUT2D eigenvalue weighted by Crippen LogP contribution is 2.31. The van der Waals surface area contributed by atoms with Gasteiger partial charge in [-0.3, -0.25) is 4.57 Å². The van der Waals surface area contributed by atoms with Gasteiger partial charge in [-0.1, -0.05) is 36.4 Å². The maximum absolute atomic E-state index is 4.44. The van der Waals surface area contributed by atoms with Crippen LogP contribution in [0.2, 0.25) is 0 Å². The zero-order chi connectivity index (χ0) is 11.9. The SMILES string of the molecule is c1ccc2c(c1)c1ccccc1n2-c1nccs1. The van der Waals surface area contributed by atoms with Gasteiger partial charge in [-0.15, -0.1) is 11.3 Å². The molecule has 0 saturated heterocycles. The fourth-order valence-electron chi connectivity index (χ4n) is 2.45. The molecule has 0 aliphatic heterocycles. The Labute approximate surface area is 108 Å². The molecular formula is C15H10N2S. The Bertz CT molecular complexity index is 775. The normalized spacial score (nSPS) is 11.3. The minimum atomic E-state index is 1.02. The van der Waals surface area contributed by atoms with Gasteiger partial charge in [-0.25, -0.2) is 4.98 Å². The first-order valence-corrected chi connectivity index (χ1v) is 6.71. The average Bonchev–Trinajstić information content (AvgIpc) is 3.03. The predicted octanol–water partition coefficient (Wildman–Crippen LogP) is 4.24. The Balaban J connectivity index is 2.28. The molecule has 0 N–H and O–H groups in total. The first-order valence-electron chi connectivity index (χ1n) is 5.83. The number of hydrogen-bond donors (Lipinski definition) is 0. The monoisotopic (exact) mass is 250 g/mol. The van der Waals surface area contributed by atoms with Crippen LogP contribution < -0.4 is 0 Å². The number of fused-ring (bicyclic) bond motifs is 3. The van der Waals surface area contributed by atoms with Crippen molar-refractivity contribution in [3.05, 3.63) is 60.1 Å². The van der Waals surface area contributed by atoms with Gasteiger partial charge in [-0.2, -0.15) is 0 Å². The number of hydrogen-bond acceptors (Lipinski definition) is 2. The van der Waals surface area contributed by atoms with E-state index in [1.807, 2.05) is 11.6 Å². The Kier molecular flexibility index (Phi) is 2.02. The largest absolute Gasteiger partial charge is 0.285 e. The summed E-state index contributed by atoms with van der Waals surface area (Å²) in [5, 5.41) is 5.60. The molecule has 0 fully saturated rings. The molecule has 0 spiro atoms. The molecule has 86 valence electrons. The van der Waals surface area contributed by atoms with Crippen LogP contribution in [0.15, 0.2) is 60.1 Å². The molecule has 0 aliphatic carbocycles. The highest BCUT2D eigenvalue weighted by molar-refractivity contribution is 7.12.